The highest BCUT2D eigenvalue weighted by atomic mass is 35.5. The van der Waals surface area contributed by atoms with Crippen molar-refractivity contribution >= 4 is 52.0 Å². The molecule has 29 heavy (non-hydrogen) atoms. The molecule has 2 aliphatic heterocycles. The predicted molar refractivity (Wildman–Crippen MR) is 115 cm³/mol. The van der Waals surface area contributed by atoms with Gasteiger partial charge in [-0.1, -0.05) is 24.2 Å². The average molecular weight is 424 g/mol. The van der Waals surface area contributed by atoms with E-state index in [4.69, 9.17) is 27.3 Å². The lowest BCUT2D eigenvalue weighted by atomic mass is 10.2. The average Bonchev–Trinajstić information content (AvgIpc) is 3.19. The number of H-pyrrole nitrogens is 1. The highest BCUT2D eigenvalue weighted by Gasteiger charge is 2.54. The monoisotopic (exact) mass is 423 g/mol. The quantitative estimate of drug-likeness (QED) is 0.606. The summed E-state index contributed by atoms with van der Waals surface area (Å²) in [5.41, 5.74) is 9.68. The number of fused-ring (bicyclic) bond motifs is 3. The van der Waals surface area contributed by atoms with Gasteiger partial charge in [0.05, 0.1) is 28.3 Å². The first kappa shape index (κ1) is 17.4. The van der Waals surface area contributed by atoms with Crippen LogP contribution in [-0.2, 0) is 6.54 Å². The van der Waals surface area contributed by atoms with Crippen LogP contribution < -0.4 is 10.6 Å². The normalized spacial score (nSPS) is 24.2. The fraction of sp³-hybridized carbons (Fsp3) is 0.300. The van der Waals surface area contributed by atoms with Gasteiger partial charge < -0.3 is 15.6 Å². The van der Waals surface area contributed by atoms with E-state index < -0.39 is 0 Å². The molecule has 2 unspecified atom stereocenters. The number of azo groups is 1. The lowest BCUT2D eigenvalue weighted by Gasteiger charge is -2.21. The third-order valence-corrected chi connectivity index (χ3v) is 7.28. The number of nitrogens with one attached hydrogen (secondary N) is 1. The molecule has 2 atom stereocenters. The van der Waals surface area contributed by atoms with Gasteiger partial charge in [-0.2, -0.15) is 10.2 Å². The van der Waals surface area contributed by atoms with E-state index in [2.05, 4.69) is 38.8 Å². The van der Waals surface area contributed by atoms with Gasteiger partial charge in [-0.3, -0.25) is 0 Å². The van der Waals surface area contributed by atoms with E-state index in [1.165, 1.54) is 11.8 Å². The number of aromatic amines is 1. The molecule has 7 nitrogen and oxygen atoms in total. The topological polar surface area (TPSA) is 95.5 Å². The van der Waals surface area contributed by atoms with E-state index in [0.717, 1.165) is 51.8 Å². The maximum absolute atomic E-state index is 6.63. The molecular weight excluding hydrogens is 406 g/mol. The first-order chi connectivity index (χ1) is 14.1. The van der Waals surface area contributed by atoms with Crippen LogP contribution in [0.2, 0.25) is 5.02 Å². The van der Waals surface area contributed by atoms with E-state index >= 15 is 0 Å². The van der Waals surface area contributed by atoms with Crippen molar-refractivity contribution < 1.29 is 0 Å². The molecule has 6 rings (SSSR count). The SMILES string of the molecule is C=Cc1[nH]c2nc(Sc3ccc4c(c3)N=NC4)nc(N3CC4C(N)C4C3)c2c1Cl. The van der Waals surface area contributed by atoms with Crippen LogP contribution in [0.3, 0.4) is 0 Å². The van der Waals surface area contributed by atoms with E-state index in [9.17, 15) is 0 Å². The molecule has 0 spiro atoms. The molecule has 1 saturated carbocycles. The number of nitrogens with zero attached hydrogens (tertiary/aromatic N) is 5. The van der Waals surface area contributed by atoms with Crippen molar-refractivity contribution in [1.82, 2.24) is 15.0 Å². The Morgan fingerprint density at radius 1 is 1.28 bits per heavy atom. The molecule has 9 heteroatoms. The molecule has 1 saturated heterocycles. The van der Waals surface area contributed by atoms with Gasteiger partial charge in [-0.05, 0) is 41.8 Å². The largest absolute Gasteiger partial charge is 0.355 e. The summed E-state index contributed by atoms with van der Waals surface area (Å²) in [6, 6.07) is 6.48. The zero-order valence-corrected chi connectivity index (χ0v) is 17.0. The number of hydrogen-bond donors (Lipinski definition) is 2. The van der Waals surface area contributed by atoms with Gasteiger partial charge in [0.2, 0.25) is 0 Å². The zero-order chi connectivity index (χ0) is 19.7. The molecule has 3 N–H and O–H groups in total. The van der Waals surface area contributed by atoms with Gasteiger partial charge in [0, 0.05) is 29.6 Å². The molecule has 0 amide bonds. The Kier molecular flexibility index (Phi) is 3.78. The van der Waals surface area contributed by atoms with Crippen LogP contribution in [0.4, 0.5) is 11.5 Å². The number of benzene rings is 1. The Morgan fingerprint density at radius 3 is 2.90 bits per heavy atom. The van der Waals surface area contributed by atoms with Gasteiger partial charge in [0.1, 0.15) is 11.5 Å². The van der Waals surface area contributed by atoms with E-state index in [-0.39, 0.29) is 0 Å². The number of piperidine rings is 1. The number of nitrogens with two attached hydrogens (primary N) is 1. The standard InChI is InChI=1S/C20H18ClN7S/c1-2-13-16(21)15-18(24-13)25-20(26-19(15)28-7-11-12(8-28)17(11)22)29-10-4-3-9-6-23-27-14(9)5-10/h2-5,11-12,17H,1,6-8,22H2,(H,24,25,26). The molecule has 0 radical (unpaired) electrons. The van der Waals surface area contributed by atoms with Crippen LogP contribution in [-0.4, -0.2) is 34.1 Å². The van der Waals surface area contributed by atoms with Gasteiger partial charge >= 0.3 is 0 Å². The van der Waals surface area contributed by atoms with Gasteiger partial charge in [-0.15, -0.1) is 0 Å². The molecule has 3 aromatic rings. The number of hydrogen-bond acceptors (Lipinski definition) is 7. The maximum atomic E-state index is 6.63. The van der Waals surface area contributed by atoms with Crippen LogP contribution in [0.25, 0.3) is 17.1 Å². The summed E-state index contributed by atoms with van der Waals surface area (Å²) in [4.78, 5) is 16.2. The number of aromatic nitrogens is 3. The fourth-order valence-electron chi connectivity index (χ4n) is 4.33. The summed E-state index contributed by atoms with van der Waals surface area (Å²) in [5, 5.41) is 10.4. The number of rotatable bonds is 4. The van der Waals surface area contributed by atoms with E-state index in [0.29, 0.717) is 34.6 Å². The summed E-state index contributed by atoms with van der Waals surface area (Å²) in [7, 11) is 0. The van der Waals surface area contributed by atoms with Gasteiger partial charge in [0.25, 0.3) is 0 Å². The second-order valence-electron chi connectivity index (χ2n) is 7.71. The molecule has 1 aromatic carbocycles. The van der Waals surface area contributed by atoms with Crippen molar-refractivity contribution in [2.75, 3.05) is 18.0 Å². The van der Waals surface area contributed by atoms with Gasteiger partial charge in [-0.25, -0.2) is 9.97 Å². The lowest BCUT2D eigenvalue weighted by Crippen LogP contribution is -2.29. The smallest absolute Gasteiger partial charge is 0.196 e. The van der Waals surface area contributed by atoms with Crippen molar-refractivity contribution in [3.8, 4) is 0 Å². The summed E-state index contributed by atoms with van der Waals surface area (Å²) >= 11 is 8.14. The van der Waals surface area contributed by atoms with Crippen molar-refractivity contribution in [3.05, 3.63) is 41.1 Å². The Morgan fingerprint density at radius 2 is 2.10 bits per heavy atom. The van der Waals surface area contributed by atoms with Crippen LogP contribution in [0.15, 0.2) is 45.1 Å². The molecular formula is C20H18ClN7S. The molecule has 2 aromatic heterocycles. The highest BCUT2D eigenvalue weighted by Crippen LogP contribution is 2.47. The minimum atomic E-state index is 0.323. The lowest BCUT2D eigenvalue weighted by molar-refractivity contribution is 0.732. The zero-order valence-electron chi connectivity index (χ0n) is 15.5. The number of halogens is 1. The molecule has 1 aliphatic carbocycles. The molecule has 2 fully saturated rings. The molecule has 146 valence electrons. The van der Waals surface area contributed by atoms with Crippen molar-refractivity contribution in [3.63, 3.8) is 0 Å². The summed E-state index contributed by atoms with van der Waals surface area (Å²) in [5.74, 6) is 1.97. The van der Waals surface area contributed by atoms with Crippen LogP contribution in [0, 0.1) is 11.8 Å². The maximum Gasteiger partial charge on any atom is 0.196 e. The molecule has 0 bridgehead atoms. The first-order valence-corrected chi connectivity index (χ1v) is 10.7. The van der Waals surface area contributed by atoms with Crippen molar-refractivity contribution in [2.45, 2.75) is 22.6 Å². The second kappa shape index (κ2) is 6.29. The van der Waals surface area contributed by atoms with Crippen LogP contribution in [0.5, 0.6) is 0 Å². The Labute approximate surface area is 176 Å². The predicted octanol–water partition coefficient (Wildman–Crippen LogP) is 4.40. The Balaban J connectivity index is 1.42. The Hall–Kier alpha value is -2.42. The summed E-state index contributed by atoms with van der Waals surface area (Å²) in [6.07, 6.45) is 1.71. The fourth-order valence-corrected chi connectivity index (χ4v) is 5.41. The number of anilines is 1. The van der Waals surface area contributed by atoms with E-state index in [1.54, 1.807) is 6.08 Å². The van der Waals surface area contributed by atoms with Crippen molar-refractivity contribution in [2.24, 2.45) is 27.8 Å². The third kappa shape index (κ3) is 2.70. The van der Waals surface area contributed by atoms with Crippen molar-refractivity contribution in [1.29, 1.82) is 0 Å². The van der Waals surface area contributed by atoms with Crippen LogP contribution >= 0.6 is 23.4 Å². The Bertz CT molecular complexity index is 1190. The third-order valence-electron chi connectivity index (χ3n) is 6.03. The second-order valence-corrected chi connectivity index (χ2v) is 9.13. The van der Waals surface area contributed by atoms with Crippen LogP contribution in [0.1, 0.15) is 11.3 Å². The molecule has 3 aliphatic rings. The first-order valence-electron chi connectivity index (χ1n) is 9.53. The minimum absolute atomic E-state index is 0.323. The minimum Gasteiger partial charge on any atom is -0.355 e. The van der Waals surface area contributed by atoms with E-state index in [1.807, 2.05) is 6.07 Å². The summed E-state index contributed by atoms with van der Waals surface area (Å²) < 4.78 is 0. The molecule has 4 heterocycles. The summed E-state index contributed by atoms with van der Waals surface area (Å²) in [6.45, 7) is 6.32. The van der Waals surface area contributed by atoms with Gasteiger partial charge in [0.15, 0.2) is 5.16 Å². The highest BCUT2D eigenvalue weighted by molar-refractivity contribution is 7.99.